The number of benzene rings is 1. The molecule has 1 aliphatic heterocycles. The minimum absolute atomic E-state index is 0.0451. The lowest BCUT2D eigenvalue weighted by atomic mass is 9.89. The molecule has 8 heteroatoms. The smallest absolute Gasteiger partial charge is 0.335 e. The molecule has 1 fully saturated rings. The molecule has 0 spiro atoms. The van der Waals surface area contributed by atoms with Crippen molar-refractivity contribution in [2.24, 2.45) is 0 Å². The molecule has 3 aromatic rings. The first kappa shape index (κ1) is 20.0. The van der Waals surface area contributed by atoms with E-state index in [0.717, 1.165) is 27.3 Å². The van der Waals surface area contributed by atoms with E-state index in [1.807, 2.05) is 42.5 Å². The molecular weight excluding hydrogens is 393 g/mol. The molecule has 0 N–H and O–H groups in total. The first-order valence-electron chi connectivity index (χ1n) is 9.62. The van der Waals surface area contributed by atoms with Crippen LogP contribution in [0, 0.1) is 0 Å². The van der Waals surface area contributed by atoms with Crippen molar-refractivity contribution in [3.8, 4) is 22.5 Å². The van der Waals surface area contributed by atoms with E-state index in [-0.39, 0.29) is 19.0 Å². The summed E-state index contributed by atoms with van der Waals surface area (Å²) in [5.41, 5.74) is 3.38. The van der Waals surface area contributed by atoms with Gasteiger partial charge in [-0.2, -0.15) is 13.2 Å². The second-order valence-corrected chi connectivity index (χ2v) is 7.16. The second-order valence-electron chi connectivity index (χ2n) is 7.16. The monoisotopic (exact) mass is 412 g/mol. The van der Waals surface area contributed by atoms with Crippen LogP contribution in [0.25, 0.3) is 22.5 Å². The fraction of sp³-hybridized carbons (Fsp3) is 0.273. The van der Waals surface area contributed by atoms with Gasteiger partial charge in [-0.1, -0.05) is 30.3 Å². The molecule has 1 aliphatic rings. The van der Waals surface area contributed by atoms with Crippen LogP contribution in [0.5, 0.6) is 0 Å². The molecule has 0 aliphatic carbocycles. The number of alkyl halides is 3. The van der Waals surface area contributed by atoms with Crippen LogP contribution in [0.15, 0.2) is 61.1 Å². The molecule has 5 nitrogen and oxygen atoms in total. The highest BCUT2D eigenvalue weighted by atomic mass is 19.4. The maximum atomic E-state index is 12.8. The number of pyridine rings is 1. The molecule has 0 unspecified atom stereocenters. The number of rotatable bonds is 3. The second kappa shape index (κ2) is 8.22. The van der Waals surface area contributed by atoms with Crippen LogP contribution in [0.2, 0.25) is 0 Å². The molecule has 0 bridgehead atoms. The molecule has 0 radical (unpaired) electrons. The summed E-state index contributed by atoms with van der Waals surface area (Å²) in [5.74, 6) is -1.28. The van der Waals surface area contributed by atoms with Crippen molar-refractivity contribution in [1.82, 2.24) is 19.9 Å². The van der Waals surface area contributed by atoms with Crippen molar-refractivity contribution in [3.05, 3.63) is 66.7 Å². The summed E-state index contributed by atoms with van der Waals surface area (Å²) in [6, 6.07) is 13.2. The zero-order valence-corrected chi connectivity index (χ0v) is 16.0. The molecule has 2 aromatic heterocycles. The van der Waals surface area contributed by atoms with Gasteiger partial charge in [-0.05, 0) is 30.5 Å². The molecule has 1 amide bonds. The lowest BCUT2D eigenvalue weighted by Gasteiger charge is -2.32. The number of aromatic nitrogens is 3. The van der Waals surface area contributed by atoms with Crippen LogP contribution >= 0.6 is 0 Å². The van der Waals surface area contributed by atoms with Crippen molar-refractivity contribution in [3.63, 3.8) is 0 Å². The molecule has 154 valence electrons. The first-order chi connectivity index (χ1) is 14.4. The van der Waals surface area contributed by atoms with Crippen LogP contribution in [0.1, 0.15) is 24.5 Å². The number of hydrogen-bond acceptors (Lipinski definition) is 4. The van der Waals surface area contributed by atoms with E-state index in [1.54, 1.807) is 18.6 Å². The summed E-state index contributed by atoms with van der Waals surface area (Å²) in [7, 11) is 0. The highest BCUT2D eigenvalue weighted by molar-refractivity contribution is 5.82. The van der Waals surface area contributed by atoms with Gasteiger partial charge in [0.25, 0.3) is 0 Å². The number of nitrogens with zero attached hydrogens (tertiary/aromatic N) is 4. The zero-order chi connectivity index (χ0) is 21.1. The normalized spacial score (nSPS) is 15.2. The number of piperidine rings is 1. The van der Waals surface area contributed by atoms with Crippen molar-refractivity contribution in [2.75, 3.05) is 13.1 Å². The lowest BCUT2D eigenvalue weighted by molar-refractivity contribution is -0.186. The SMILES string of the molecule is O=C(N1CCC(c2nc(-c3ccccc3)ncc2-c2ccncc2)CC1)C(F)(F)F. The Hall–Kier alpha value is -3.29. The Morgan fingerprint density at radius 3 is 2.27 bits per heavy atom. The van der Waals surface area contributed by atoms with E-state index in [1.165, 1.54) is 0 Å². The van der Waals surface area contributed by atoms with Gasteiger partial charge in [-0.15, -0.1) is 0 Å². The minimum atomic E-state index is -4.84. The summed E-state index contributed by atoms with van der Waals surface area (Å²) in [6.45, 7) is 0.0902. The third-order valence-corrected chi connectivity index (χ3v) is 5.25. The van der Waals surface area contributed by atoms with Gasteiger partial charge in [0, 0.05) is 48.7 Å². The summed E-state index contributed by atoms with van der Waals surface area (Å²) in [5, 5.41) is 0. The van der Waals surface area contributed by atoms with E-state index in [2.05, 4.69) is 9.97 Å². The molecule has 1 saturated heterocycles. The largest absolute Gasteiger partial charge is 0.471 e. The predicted octanol–water partition coefficient (Wildman–Crippen LogP) is 4.47. The molecule has 0 saturated carbocycles. The van der Waals surface area contributed by atoms with Crippen LogP contribution in [0.3, 0.4) is 0 Å². The van der Waals surface area contributed by atoms with Gasteiger partial charge in [0.15, 0.2) is 5.82 Å². The Bertz CT molecular complexity index is 1020. The lowest BCUT2D eigenvalue weighted by Crippen LogP contribution is -2.45. The molecular formula is C22H19F3N4O. The van der Waals surface area contributed by atoms with Crippen LogP contribution in [-0.4, -0.2) is 45.0 Å². The highest BCUT2D eigenvalue weighted by Gasteiger charge is 2.43. The van der Waals surface area contributed by atoms with Crippen LogP contribution < -0.4 is 0 Å². The highest BCUT2D eigenvalue weighted by Crippen LogP contribution is 2.35. The number of likely N-dealkylation sites (tertiary alicyclic amines) is 1. The number of carbonyl (C=O) groups excluding carboxylic acids is 1. The van der Waals surface area contributed by atoms with E-state index in [4.69, 9.17) is 4.98 Å². The summed E-state index contributed by atoms with van der Waals surface area (Å²) in [4.78, 5) is 25.8. The van der Waals surface area contributed by atoms with Crippen molar-refractivity contribution >= 4 is 5.91 Å². The molecule has 0 atom stereocenters. The van der Waals surface area contributed by atoms with Crippen molar-refractivity contribution in [1.29, 1.82) is 0 Å². The zero-order valence-electron chi connectivity index (χ0n) is 16.0. The topological polar surface area (TPSA) is 59.0 Å². The first-order valence-corrected chi connectivity index (χ1v) is 9.62. The van der Waals surface area contributed by atoms with E-state index < -0.39 is 12.1 Å². The number of hydrogen-bond donors (Lipinski definition) is 0. The fourth-order valence-electron chi connectivity index (χ4n) is 3.72. The third kappa shape index (κ3) is 4.17. The molecule has 30 heavy (non-hydrogen) atoms. The minimum Gasteiger partial charge on any atom is -0.335 e. The maximum Gasteiger partial charge on any atom is 0.471 e. The van der Waals surface area contributed by atoms with Gasteiger partial charge in [0.05, 0.1) is 5.69 Å². The Balaban J connectivity index is 1.66. The summed E-state index contributed by atoms with van der Waals surface area (Å²) < 4.78 is 38.3. The van der Waals surface area contributed by atoms with Gasteiger partial charge in [0.1, 0.15) is 0 Å². The van der Waals surface area contributed by atoms with E-state index in [9.17, 15) is 18.0 Å². The van der Waals surface area contributed by atoms with Gasteiger partial charge >= 0.3 is 12.1 Å². The molecule has 1 aromatic carbocycles. The van der Waals surface area contributed by atoms with E-state index >= 15 is 0 Å². The molecule has 4 rings (SSSR count). The van der Waals surface area contributed by atoms with Crippen LogP contribution in [0.4, 0.5) is 13.2 Å². The van der Waals surface area contributed by atoms with Gasteiger partial charge < -0.3 is 4.90 Å². The van der Waals surface area contributed by atoms with Gasteiger partial charge in [-0.3, -0.25) is 9.78 Å². The number of amides is 1. The summed E-state index contributed by atoms with van der Waals surface area (Å²) >= 11 is 0. The summed E-state index contributed by atoms with van der Waals surface area (Å²) in [6.07, 6.45) is 1.08. The average molecular weight is 412 g/mol. The Morgan fingerprint density at radius 2 is 1.63 bits per heavy atom. The Kier molecular flexibility index (Phi) is 5.48. The standard InChI is InChI=1S/C22H19F3N4O/c23-22(24,25)21(30)29-12-8-16(9-13-29)19-18(15-6-10-26-11-7-15)14-27-20(28-19)17-4-2-1-3-5-17/h1-7,10-11,14,16H,8-9,12-13H2. The maximum absolute atomic E-state index is 12.8. The van der Waals surface area contributed by atoms with Gasteiger partial charge in [0.2, 0.25) is 0 Å². The van der Waals surface area contributed by atoms with E-state index in [0.29, 0.717) is 18.7 Å². The van der Waals surface area contributed by atoms with Crippen molar-refractivity contribution < 1.29 is 18.0 Å². The fourth-order valence-corrected chi connectivity index (χ4v) is 3.72. The van der Waals surface area contributed by atoms with Crippen LogP contribution in [-0.2, 0) is 4.79 Å². The van der Waals surface area contributed by atoms with Gasteiger partial charge in [-0.25, -0.2) is 9.97 Å². The predicted molar refractivity (Wildman–Crippen MR) is 105 cm³/mol. The molecule has 3 heterocycles. The Morgan fingerprint density at radius 1 is 0.967 bits per heavy atom. The number of halogens is 3. The third-order valence-electron chi connectivity index (χ3n) is 5.25. The number of carbonyl (C=O) groups is 1. The average Bonchev–Trinajstić information content (AvgIpc) is 2.79. The quantitative estimate of drug-likeness (QED) is 0.637. The van der Waals surface area contributed by atoms with Crippen molar-refractivity contribution in [2.45, 2.75) is 24.9 Å². The Labute approximate surface area is 171 Å².